The minimum absolute atomic E-state index is 0.0319. The lowest BCUT2D eigenvalue weighted by atomic mass is 10.2. The Labute approximate surface area is 186 Å². The van der Waals surface area contributed by atoms with Crippen molar-refractivity contribution in [3.05, 3.63) is 45.9 Å². The highest BCUT2D eigenvalue weighted by Gasteiger charge is 2.36. The molecule has 0 saturated heterocycles. The number of benzene rings is 2. The fourth-order valence-electron chi connectivity index (χ4n) is 2.90. The number of sulfonamides is 1. The van der Waals surface area contributed by atoms with E-state index in [0.29, 0.717) is 4.47 Å². The van der Waals surface area contributed by atoms with Crippen molar-refractivity contribution in [1.82, 2.24) is 5.32 Å². The molecule has 1 heterocycles. The zero-order chi connectivity index (χ0) is 22.1. The maximum Gasteiger partial charge on any atom is 0.409 e. The summed E-state index contributed by atoms with van der Waals surface area (Å²) in [5.41, 5.74) is 0.321. The van der Waals surface area contributed by atoms with E-state index in [2.05, 4.69) is 26.6 Å². The van der Waals surface area contributed by atoms with Gasteiger partial charge in [-0.05, 0) is 36.4 Å². The van der Waals surface area contributed by atoms with Crippen LogP contribution in [0, 0.1) is 0 Å². The van der Waals surface area contributed by atoms with Crippen molar-refractivity contribution in [3.8, 4) is 5.75 Å². The Hall–Kier alpha value is -2.50. The number of ether oxygens (including phenoxy) is 1. The van der Waals surface area contributed by atoms with E-state index in [1.54, 1.807) is 6.07 Å². The van der Waals surface area contributed by atoms with Gasteiger partial charge in [0.15, 0.2) is 0 Å². The average Bonchev–Trinajstić information content (AvgIpc) is 2.67. The van der Waals surface area contributed by atoms with Crippen LogP contribution in [0.2, 0.25) is 5.02 Å². The lowest BCUT2D eigenvalue weighted by Gasteiger charge is -2.36. The van der Waals surface area contributed by atoms with Gasteiger partial charge in [-0.3, -0.25) is 14.4 Å². The number of carbonyl (C=O) groups excluding carboxylic acids is 1. The second-order valence-corrected chi connectivity index (χ2v) is 9.55. The summed E-state index contributed by atoms with van der Waals surface area (Å²) in [6.45, 7) is 1.31. The molecule has 3 rings (SSSR count). The Morgan fingerprint density at radius 2 is 2.03 bits per heavy atom. The van der Waals surface area contributed by atoms with Crippen LogP contribution in [0.4, 0.5) is 16.2 Å². The molecule has 0 aromatic heterocycles. The Bertz CT molecular complexity index is 1110. The zero-order valence-corrected chi connectivity index (χ0v) is 18.7. The van der Waals surface area contributed by atoms with Gasteiger partial charge in [0.05, 0.1) is 23.8 Å². The molecule has 3 N–H and O–H groups in total. The molecule has 0 radical (unpaired) electrons. The van der Waals surface area contributed by atoms with Crippen LogP contribution in [-0.4, -0.2) is 44.7 Å². The van der Waals surface area contributed by atoms with E-state index in [1.807, 2.05) is 0 Å². The monoisotopic (exact) mass is 517 g/mol. The first-order valence-corrected chi connectivity index (χ1v) is 11.2. The van der Waals surface area contributed by atoms with Crippen LogP contribution >= 0.6 is 27.5 Å². The van der Waals surface area contributed by atoms with Crippen molar-refractivity contribution in [2.45, 2.75) is 17.9 Å². The second kappa shape index (κ2) is 8.70. The number of amides is 2. The number of nitrogens with one attached hydrogen (secondary N) is 2. The van der Waals surface area contributed by atoms with E-state index < -0.39 is 22.2 Å². The van der Waals surface area contributed by atoms with Crippen molar-refractivity contribution >= 4 is 60.9 Å². The second-order valence-electron chi connectivity index (χ2n) is 6.40. The van der Waals surface area contributed by atoms with E-state index in [0.717, 1.165) is 4.31 Å². The van der Waals surface area contributed by atoms with Crippen LogP contribution in [-0.2, 0) is 14.8 Å². The number of anilines is 2. The Morgan fingerprint density at radius 1 is 1.30 bits per heavy atom. The Balaban J connectivity index is 2.09. The first-order valence-electron chi connectivity index (χ1n) is 8.61. The number of halogens is 2. The molecular weight excluding hydrogens is 502 g/mol. The summed E-state index contributed by atoms with van der Waals surface area (Å²) in [4.78, 5) is 22.1. The molecule has 2 aromatic carbocycles. The lowest BCUT2D eigenvalue weighted by molar-refractivity contribution is -0.119. The number of hydrogen-bond donors (Lipinski definition) is 3. The minimum Gasteiger partial charge on any atom is -0.484 e. The van der Waals surface area contributed by atoms with Crippen LogP contribution in [0.5, 0.6) is 5.75 Å². The first-order chi connectivity index (χ1) is 14.1. The molecule has 1 unspecified atom stereocenters. The van der Waals surface area contributed by atoms with Crippen LogP contribution in [0.15, 0.2) is 45.8 Å². The quantitative estimate of drug-likeness (QED) is 0.558. The summed E-state index contributed by atoms with van der Waals surface area (Å²) in [7, 11) is -4.14. The molecular formula is C18H17BrClN3O6S. The summed E-state index contributed by atoms with van der Waals surface area (Å²) < 4.78 is 34.4. The summed E-state index contributed by atoms with van der Waals surface area (Å²) in [6.07, 6.45) is -1.96. The van der Waals surface area contributed by atoms with E-state index in [-0.39, 0.29) is 46.0 Å². The molecule has 30 heavy (non-hydrogen) atoms. The molecule has 9 nitrogen and oxygen atoms in total. The van der Waals surface area contributed by atoms with Crippen molar-refractivity contribution in [3.63, 3.8) is 0 Å². The standard InChI is InChI=1S/C18H17BrClN3O6S/c1-10(24)21-8-13-9-23(30(27,28)17-6-11(19)2-4-14(17)20)15-7-12(22-18(25)26)3-5-16(15)29-13/h2-7,13,22H,8-9H2,1H3,(H,21,24)(H,25,26). The molecule has 0 saturated carbocycles. The molecule has 12 heteroatoms. The number of carbonyl (C=O) groups is 2. The van der Waals surface area contributed by atoms with E-state index in [1.165, 1.54) is 37.3 Å². The zero-order valence-electron chi connectivity index (χ0n) is 15.6. The van der Waals surface area contributed by atoms with Crippen LogP contribution in [0.1, 0.15) is 6.92 Å². The molecule has 1 atom stereocenters. The maximum atomic E-state index is 13.5. The molecule has 0 aliphatic carbocycles. The van der Waals surface area contributed by atoms with Gasteiger partial charge >= 0.3 is 6.09 Å². The van der Waals surface area contributed by atoms with Crippen molar-refractivity contribution < 1.29 is 27.9 Å². The van der Waals surface area contributed by atoms with Crippen LogP contribution in [0.3, 0.4) is 0 Å². The fourth-order valence-corrected chi connectivity index (χ4v) is 5.41. The predicted molar refractivity (Wildman–Crippen MR) is 115 cm³/mol. The highest BCUT2D eigenvalue weighted by Crippen LogP contribution is 2.40. The lowest BCUT2D eigenvalue weighted by Crippen LogP contribution is -2.48. The molecule has 2 aromatic rings. The number of fused-ring (bicyclic) bond motifs is 1. The molecule has 0 fully saturated rings. The van der Waals surface area contributed by atoms with E-state index >= 15 is 0 Å². The molecule has 2 amide bonds. The normalized spacial score (nSPS) is 15.7. The van der Waals surface area contributed by atoms with E-state index in [9.17, 15) is 18.0 Å². The van der Waals surface area contributed by atoms with E-state index in [4.69, 9.17) is 21.4 Å². The first kappa shape index (κ1) is 22.2. The van der Waals surface area contributed by atoms with Gasteiger partial charge in [0.2, 0.25) is 5.91 Å². The van der Waals surface area contributed by atoms with Gasteiger partial charge in [-0.25, -0.2) is 13.2 Å². The largest absolute Gasteiger partial charge is 0.484 e. The van der Waals surface area contributed by atoms with Crippen LogP contribution < -0.4 is 19.7 Å². The van der Waals surface area contributed by atoms with Crippen LogP contribution in [0.25, 0.3) is 0 Å². The molecule has 160 valence electrons. The molecule has 1 aliphatic rings. The smallest absolute Gasteiger partial charge is 0.409 e. The SMILES string of the molecule is CC(=O)NCC1CN(S(=O)(=O)c2cc(Br)ccc2Cl)c2cc(NC(=O)O)ccc2O1. The van der Waals surface area contributed by atoms with Gasteiger partial charge in [0.1, 0.15) is 16.7 Å². The highest BCUT2D eigenvalue weighted by atomic mass is 79.9. The van der Waals surface area contributed by atoms with Gasteiger partial charge in [-0.2, -0.15) is 0 Å². The molecule has 0 spiro atoms. The predicted octanol–water partition coefficient (Wildman–Crippen LogP) is 3.28. The van der Waals surface area contributed by atoms with Gasteiger partial charge in [0.25, 0.3) is 10.0 Å². The number of rotatable bonds is 5. The molecule has 0 bridgehead atoms. The maximum absolute atomic E-state index is 13.5. The van der Waals surface area contributed by atoms with Gasteiger partial charge < -0.3 is 15.2 Å². The number of carboxylic acid groups (broad SMARTS) is 1. The van der Waals surface area contributed by atoms with Gasteiger partial charge in [-0.1, -0.05) is 27.5 Å². The Morgan fingerprint density at radius 3 is 2.70 bits per heavy atom. The van der Waals surface area contributed by atoms with Crippen molar-refractivity contribution in [2.75, 3.05) is 22.7 Å². The fraction of sp³-hybridized carbons (Fsp3) is 0.222. The summed E-state index contributed by atoms with van der Waals surface area (Å²) in [6, 6.07) is 8.73. The Kier molecular flexibility index (Phi) is 6.44. The average molecular weight is 519 g/mol. The van der Waals surface area contributed by atoms with Gasteiger partial charge in [-0.15, -0.1) is 0 Å². The summed E-state index contributed by atoms with van der Waals surface area (Å²) >= 11 is 9.41. The topological polar surface area (TPSA) is 125 Å². The third-order valence-corrected chi connectivity index (χ3v) is 6.94. The summed E-state index contributed by atoms with van der Waals surface area (Å²) in [5, 5.41) is 13.8. The number of hydrogen-bond acceptors (Lipinski definition) is 5. The summed E-state index contributed by atoms with van der Waals surface area (Å²) in [5.74, 6) is -0.0583. The minimum atomic E-state index is -4.14. The molecule has 1 aliphatic heterocycles. The third kappa shape index (κ3) is 4.79. The third-order valence-electron chi connectivity index (χ3n) is 4.18. The highest BCUT2D eigenvalue weighted by molar-refractivity contribution is 9.10. The van der Waals surface area contributed by atoms with Crippen molar-refractivity contribution in [2.24, 2.45) is 0 Å². The van der Waals surface area contributed by atoms with Crippen molar-refractivity contribution in [1.29, 1.82) is 0 Å². The van der Waals surface area contributed by atoms with Gasteiger partial charge in [0, 0.05) is 17.1 Å². The number of nitrogens with zero attached hydrogens (tertiary/aromatic N) is 1.